The fourth-order valence-electron chi connectivity index (χ4n) is 0.997. The molecule has 0 saturated heterocycles. The average molecular weight is 255 g/mol. The van der Waals surface area contributed by atoms with Crippen LogP contribution in [0.25, 0.3) is 0 Å². The summed E-state index contributed by atoms with van der Waals surface area (Å²) in [6, 6.07) is -1.88. The number of hydrogen-bond acceptors (Lipinski definition) is 3. The van der Waals surface area contributed by atoms with Crippen LogP contribution in [0.1, 0.15) is 26.7 Å². The van der Waals surface area contributed by atoms with E-state index in [-0.39, 0.29) is 12.4 Å². The van der Waals surface area contributed by atoms with Crippen molar-refractivity contribution < 1.29 is 9.59 Å². The Morgan fingerprint density at radius 1 is 1.06 bits per heavy atom. The van der Waals surface area contributed by atoms with Crippen LogP contribution in [0.3, 0.4) is 0 Å². The number of nitrogens with zero attached hydrogens (tertiary/aromatic N) is 1. The number of urea groups is 2. The fourth-order valence-corrected chi connectivity index (χ4v) is 0.997. The van der Waals surface area contributed by atoms with Crippen molar-refractivity contribution in [2.75, 3.05) is 20.1 Å². The lowest BCUT2D eigenvalue weighted by atomic mass is 10.4. The van der Waals surface area contributed by atoms with Gasteiger partial charge in [0.15, 0.2) is 0 Å². The lowest BCUT2D eigenvalue weighted by Gasteiger charge is -2.12. The normalized spacial score (nSPS) is 8.50. The lowest BCUT2D eigenvalue weighted by molar-refractivity contribution is 0.236. The van der Waals surface area contributed by atoms with Crippen molar-refractivity contribution in [3.05, 3.63) is 0 Å². The van der Waals surface area contributed by atoms with Crippen LogP contribution < -0.4 is 16.8 Å². The third kappa shape index (κ3) is 23.1. The highest BCUT2D eigenvalue weighted by molar-refractivity contribution is 5.91. The molecule has 7 heteroatoms. The number of primary amides is 2. The standard InChI is InChI=1S/C7H17N.C2H5N3O2.ClH/c1-4-6-8(3)7-5-2;3-1(6)5-2(4)7;/h4-7H2,1-3H3;(H5,3,4,5,6,7);1H. The van der Waals surface area contributed by atoms with E-state index in [1.807, 2.05) is 0 Å². The molecule has 0 heterocycles. The fraction of sp³-hybridized carbons (Fsp3) is 0.778. The third-order valence-corrected chi connectivity index (χ3v) is 1.46. The van der Waals surface area contributed by atoms with Crippen LogP contribution in [0.15, 0.2) is 0 Å². The Labute approximate surface area is 103 Å². The number of rotatable bonds is 4. The van der Waals surface area contributed by atoms with Gasteiger partial charge in [-0.1, -0.05) is 13.8 Å². The first-order chi connectivity index (χ1) is 6.93. The smallest absolute Gasteiger partial charge is 0.320 e. The Morgan fingerprint density at radius 3 is 1.50 bits per heavy atom. The van der Waals surface area contributed by atoms with Gasteiger partial charge in [0.05, 0.1) is 0 Å². The summed E-state index contributed by atoms with van der Waals surface area (Å²) in [5, 5.41) is 1.58. The number of carbonyl (C=O) groups is 2. The summed E-state index contributed by atoms with van der Waals surface area (Å²) in [5.41, 5.74) is 8.88. The summed E-state index contributed by atoms with van der Waals surface area (Å²) in [7, 11) is 2.17. The average Bonchev–Trinajstić information content (AvgIpc) is 2.03. The van der Waals surface area contributed by atoms with E-state index in [0.29, 0.717) is 0 Å². The van der Waals surface area contributed by atoms with Crippen molar-refractivity contribution in [2.45, 2.75) is 26.7 Å². The molecule has 0 atom stereocenters. The molecule has 0 radical (unpaired) electrons. The van der Waals surface area contributed by atoms with E-state index in [2.05, 4.69) is 37.3 Å². The first-order valence-electron chi connectivity index (χ1n) is 4.98. The Bertz CT molecular complexity index is 172. The molecule has 98 valence electrons. The molecule has 0 aromatic carbocycles. The van der Waals surface area contributed by atoms with Crippen LogP contribution in [0.5, 0.6) is 0 Å². The monoisotopic (exact) mass is 254 g/mol. The van der Waals surface area contributed by atoms with Crippen molar-refractivity contribution in [2.24, 2.45) is 11.5 Å². The quantitative estimate of drug-likeness (QED) is 0.694. The minimum absolute atomic E-state index is 0. The number of carbonyl (C=O) groups excluding carboxylic acids is 2. The molecular weight excluding hydrogens is 232 g/mol. The molecule has 0 bridgehead atoms. The van der Waals surface area contributed by atoms with E-state index in [1.54, 1.807) is 5.32 Å². The molecule has 0 aromatic heterocycles. The highest BCUT2D eigenvalue weighted by Crippen LogP contribution is 1.86. The SMILES string of the molecule is CCCN(C)CCC.Cl.NC(=O)NC(N)=O. The summed E-state index contributed by atoms with van der Waals surface area (Å²) >= 11 is 0. The van der Waals surface area contributed by atoms with Crippen molar-refractivity contribution in [3.8, 4) is 0 Å². The molecule has 0 aliphatic rings. The predicted octanol–water partition coefficient (Wildman–Crippen LogP) is 0.893. The van der Waals surface area contributed by atoms with E-state index in [4.69, 9.17) is 0 Å². The highest BCUT2D eigenvalue weighted by atomic mass is 35.5. The van der Waals surface area contributed by atoms with Crippen LogP contribution >= 0.6 is 12.4 Å². The first kappa shape index (κ1) is 20.4. The Balaban J connectivity index is -0.000000200. The molecule has 0 spiro atoms. The van der Waals surface area contributed by atoms with E-state index in [1.165, 1.54) is 25.9 Å². The molecule has 4 amide bonds. The number of amides is 4. The minimum atomic E-state index is -0.938. The van der Waals surface area contributed by atoms with Crippen LogP contribution in [0.2, 0.25) is 0 Å². The second kappa shape index (κ2) is 14.0. The Hall–Kier alpha value is -1.01. The van der Waals surface area contributed by atoms with Crippen LogP contribution in [0, 0.1) is 0 Å². The van der Waals surface area contributed by atoms with Crippen molar-refractivity contribution in [1.29, 1.82) is 0 Å². The van der Waals surface area contributed by atoms with E-state index >= 15 is 0 Å². The molecular formula is C9H23ClN4O2. The maximum atomic E-state index is 9.62. The molecule has 0 aliphatic heterocycles. The molecule has 16 heavy (non-hydrogen) atoms. The van der Waals surface area contributed by atoms with Gasteiger partial charge in [0.1, 0.15) is 0 Å². The molecule has 5 N–H and O–H groups in total. The number of imide groups is 1. The number of nitrogens with two attached hydrogens (primary N) is 2. The number of hydrogen-bond donors (Lipinski definition) is 3. The van der Waals surface area contributed by atoms with Crippen LogP contribution in [-0.2, 0) is 0 Å². The van der Waals surface area contributed by atoms with Gasteiger partial charge >= 0.3 is 12.1 Å². The van der Waals surface area contributed by atoms with Crippen molar-refractivity contribution >= 4 is 24.5 Å². The zero-order chi connectivity index (χ0) is 12.3. The minimum Gasteiger partial charge on any atom is -0.351 e. The molecule has 0 fully saturated rings. The number of nitrogens with one attached hydrogen (secondary N) is 1. The summed E-state index contributed by atoms with van der Waals surface area (Å²) in [5.74, 6) is 0. The Morgan fingerprint density at radius 2 is 1.38 bits per heavy atom. The Kier molecular flexibility index (Phi) is 17.8. The predicted molar refractivity (Wildman–Crippen MR) is 67.6 cm³/mol. The van der Waals surface area contributed by atoms with Gasteiger partial charge in [-0.15, -0.1) is 12.4 Å². The van der Waals surface area contributed by atoms with Gasteiger partial charge in [-0.05, 0) is 33.0 Å². The summed E-state index contributed by atoms with van der Waals surface area (Å²) < 4.78 is 0. The van der Waals surface area contributed by atoms with Crippen molar-refractivity contribution in [3.63, 3.8) is 0 Å². The van der Waals surface area contributed by atoms with Crippen LogP contribution in [0.4, 0.5) is 9.59 Å². The molecule has 0 saturated carbocycles. The molecule has 0 aromatic rings. The summed E-state index contributed by atoms with van der Waals surface area (Å²) in [6.45, 7) is 6.92. The highest BCUT2D eigenvalue weighted by Gasteiger charge is 1.92. The van der Waals surface area contributed by atoms with E-state index < -0.39 is 12.1 Å². The maximum absolute atomic E-state index is 9.62. The third-order valence-electron chi connectivity index (χ3n) is 1.46. The largest absolute Gasteiger partial charge is 0.351 e. The second-order valence-electron chi connectivity index (χ2n) is 3.16. The molecule has 6 nitrogen and oxygen atoms in total. The van der Waals surface area contributed by atoms with E-state index in [0.717, 1.165) is 0 Å². The van der Waals surface area contributed by atoms with Gasteiger partial charge in [0.2, 0.25) is 0 Å². The second-order valence-corrected chi connectivity index (χ2v) is 3.16. The molecule has 0 rings (SSSR count). The lowest BCUT2D eigenvalue weighted by Crippen LogP contribution is -2.38. The molecule has 0 unspecified atom stereocenters. The van der Waals surface area contributed by atoms with Gasteiger partial charge in [-0.2, -0.15) is 0 Å². The van der Waals surface area contributed by atoms with Gasteiger partial charge in [-0.25, -0.2) is 9.59 Å². The maximum Gasteiger partial charge on any atom is 0.320 e. The first-order valence-corrected chi connectivity index (χ1v) is 4.98. The zero-order valence-electron chi connectivity index (χ0n) is 10.2. The van der Waals surface area contributed by atoms with Gasteiger partial charge in [0, 0.05) is 0 Å². The van der Waals surface area contributed by atoms with E-state index in [9.17, 15) is 9.59 Å². The van der Waals surface area contributed by atoms with Gasteiger partial charge in [0.25, 0.3) is 0 Å². The summed E-state index contributed by atoms with van der Waals surface area (Å²) in [6.07, 6.45) is 2.55. The van der Waals surface area contributed by atoms with Crippen molar-refractivity contribution in [1.82, 2.24) is 10.2 Å². The zero-order valence-corrected chi connectivity index (χ0v) is 11.0. The number of halogens is 1. The topological polar surface area (TPSA) is 101 Å². The molecule has 0 aliphatic carbocycles. The summed E-state index contributed by atoms with van der Waals surface area (Å²) in [4.78, 5) is 21.6. The van der Waals surface area contributed by atoms with Crippen LogP contribution in [-0.4, -0.2) is 37.1 Å². The van der Waals surface area contributed by atoms with Gasteiger partial charge < -0.3 is 16.4 Å². The van der Waals surface area contributed by atoms with Gasteiger partial charge in [-0.3, -0.25) is 5.32 Å².